The number of rotatable bonds is 6. The van der Waals surface area contributed by atoms with Crippen molar-refractivity contribution >= 4 is 29.4 Å². The monoisotopic (exact) mass is 410 g/mol. The predicted molar refractivity (Wildman–Crippen MR) is 92.6 cm³/mol. The van der Waals surface area contributed by atoms with E-state index in [1.165, 1.54) is 0 Å². The Labute approximate surface area is 163 Å². The van der Waals surface area contributed by atoms with Crippen LogP contribution in [-0.2, 0) is 23.9 Å². The molecule has 0 spiro atoms. The van der Waals surface area contributed by atoms with E-state index in [2.05, 4.69) is 0 Å². The molecule has 0 unspecified atom stereocenters. The molecule has 0 saturated carbocycles. The summed E-state index contributed by atoms with van der Waals surface area (Å²) in [5.41, 5.74) is -0.602. The van der Waals surface area contributed by atoms with Crippen LogP contribution in [0.25, 0.3) is 0 Å². The summed E-state index contributed by atoms with van der Waals surface area (Å²) in [4.78, 5) is 49.1. The van der Waals surface area contributed by atoms with Gasteiger partial charge in [-0.05, 0) is 25.0 Å². The molecule has 0 radical (unpaired) electrons. The van der Waals surface area contributed by atoms with Crippen molar-refractivity contribution in [2.75, 3.05) is 18.5 Å². The number of likely N-dealkylation sites (tertiary alicyclic amines) is 1. The third kappa shape index (κ3) is 4.30. The van der Waals surface area contributed by atoms with Gasteiger partial charge in [-0.3, -0.25) is 24.1 Å². The van der Waals surface area contributed by atoms with Crippen molar-refractivity contribution in [2.24, 2.45) is 11.8 Å². The lowest BCUT2D eigenvalue weighted by molar-refractivity contribution is -0.148. The van der Waals surface area contributed by atoms with Crippen molar-refractivity contribution in [3.05, 3.63) is 41.7 Å². The molecule has 0 bridgehead atoms. The number of carbonyl (C=O) groups is 4. The smallest absolute Gasteiger partial charge is 0.308 e. The number of carbonyl (C=O) groups excluding carboxylic acids is 4. The van der Waals surface area contributed by atoms with E-state index in [1.54, 1.807) is 0 Å². The van der Waals surface area contributed by atoms with Crippen molar-refractivity contribution in [1.82, 2.24) is 4.90 Å². The van der Waals surface area contributed by atoms with E-state index in [0.29, 0.717) is 18.9 Å². The number of amides is 3. The molecule has 7 nitrogen and oxygen atoms in total. The molecule has 1 aromatic rings. The molecule has 1 heterocycles. The summed E-state index contributed by atoms with van der Waals surface area (Å²) < 4.78 is 44.2. The molecule has 1 aliphatic heterocycles. The van der Waals surface area contributed by atoms with Gasteiger partial charge in [-0.15, -0.1) is 0 Å². The Hall–Kier alpha value is -3.17. The number of ether oxygens (including phenoxy) is 1. The van der Waals surface area contributed by atoms with Gasteiger partial charge in [0.25, 0.3) is 5.91 Å². The highest BCUT2D eigenvalue weighted by molar-refractivity contribution is 6.05. The van der Waals surface area contributed by atoms with Crippen LogP contribution in [0.1, 0.15) is 19.3 Å². The average molecular weight is 410 g/mol. The van der Waals surface area contributed by atoms with Crippen LogP contribution < -0.4 is 5.32 Å². The number of esters is 1. The topological polar surface area (TPSA) is 92.8 Å². The second kappa shape index (κ2) is 8.46. The number of benzene rings is 1. The van der Waals surface area contributed by atoms with Crippen LogP contribution in [0.3, 0.4) is 0 Å². The predicted octanol–water partition coefficient (Wildman–Crippen LogP) is 1.93. The third-order valence-electron chi connectivity index (χ3n) is 4.81. The first-order valence-electron chi connectivity index (χ1n) is 8.88. The highest BCUT2D eigenvalue weighted by atomic mass is 19.2. The molecule has 2 atom stereocenters. The number of anilines is 1. The molecule has 0 aromatic heterocycles. The number of hydrogen-bond donors (Lipinski definition) is 1. The maximum absolute atomic E-state index is 13.5. The van der Waals surface area contributed by atoms with Crippen LogP contribution in [0.4, 0.5) is 18.9 Å². The number of allylic oxidation sites excluding steroid dienone is 2. The van der Waals surface area contributed by atoms with Crippen LogP contribution in [0.15, 0.2) is 24.3 Å². The van der Waals surface area contributed by atoms with E-state index in [-0.39, 0.29) is 24.8 Å². The summed E-state index contributed by atoms with van der Waals surface area (Å²) in [6.07, 6.45) is 4.35. The minimum absolute atomic E-state index is 0.164. The van der Waals surface area contributed by atoms with E-state index in [1.807, 2.05) is 17.5 Å². The van der Waals surface area contributed by atoms with E-state index in [9.17, 15) is 32.3 Å². The van der Waals surface area contributed by atoms with Gasteiger partial charge in [-0.1, -0.05) is 12.2 Å². The zero-order valence-corrected chi connectivity index (χ0v) is 15.1. The fraction of sp³-hybridized carbons (Fsp3) is 0.368. The highest BCUT2D eigenvalue weighted by Gasteiger charge is 2.46. The van der Waals surface area contributed by atoms with E-state index in [0.717, 1.165) is 11.0 Å². The maximum Gasteiger partial charge on any atom is 0.308 e. The standard InChI is InChI=1S/C19H17F3N2O5/c20-12-5-6-13(17(22)16(12)21)23-14(25)9-29-15(26)7-8-24-18(27)10-3-1-2-4-11(10)19(24)28/h1-2,5-6,10-11H,3-4,7-9H2,(H,23,25)/t10-,11-/m0/s1. The number of fused-ring (bicyclic) bond motifs is 1. The Kier molecular flexibility index (Phi) is 6.00. The normalized spacial score (nSPS) is 20.6. The van der Waals surface area contributed by atoms with Crippen molar-refractivity contribution in [2.45, 2.75) is 19.3 Å². The zero-order chi connectivity index (χ0) is 21.1. The molecule has 2 aliphatic rings. The first-order valence-corrected chi connectivity index (χ1v) is 8.88. The summed E-state index contributed by atoms with van der Waals surface area (Å²) >= 11 is 0. The Balaban J connectivity index is 1.46. The SMILES string of the molecule is O=C(COC(=O)CCN1C(=O)[C@H]2CC=CC[C@@H]2C1=O)Nc1ccc(F)c(F)c1F. The van der Waals surface area contributed by atoms with Gasteiger partial charge in [0.05, 0.1) is 23.9 Å². The van der Waals surface area contributed by atoms with Gasteiger partial charge in [-0.25, -0.2) is 13.2 Å². The number of imide groups is 1. The van der Waals surface area contributed by atoms with Gasteiger partial charge < -0.3 is 10.1 Å². The largest absolute Gasteiger partial charge is 0.456 e. The first-order chi connectivity index (χ1) is 13.8. The second-order valence-electron chi connectivity index (χ2n) is 6.67. The molecule has 3 rings (SSSR count). The van der Waals surface area contributed by atoms with E-state index in [4.69, 9.17) is 4.74 Å². The summed E-state index contributed by atoms with van der Waals surface area (Å²) in [5.74, 6) is -8.00. The third-order valence-corrected chi connectivity index (χ3v) is 4.81. The van der Waals surface area contributed by atoms with E-state index < -0.39 is 53.5 Å². The molecule has 10 heteroatoms. The zero-order valence-electron chi connectivity index (χ0n) is 15.1. The summed E-state index contributed by atoms with van der Waals surface area (Å²) in [6, 6.07) is 1.46. The van der Waals surface area contributed by atoms with Gasteiger partial charge in [0, 0.05) is 6.54 Å². The Morgan fingerprint density at radius 2 is 1.66 bits per heavy atom. The van der Waals surface area contributed by atoms with Gasteiger partial charge >= 0.3 is 5.97 Å². The molecule has 1 aromatic carbocycles. The summed E-state index contributed by atoms with van der Waals surface area (Å²) in [7, 11) is 0. The molecular formula is C19H17F3N2O5. The van der Waals surface area contributed by atoms with Gasteiger partial charge in [0.2, 0.25) is 11.8 Å². The van der Waals surface area contributed by atoms with E-state index >= 15 is 0 Å². The average Bonchev–Trinajstić information content (AvgIpc) is 2.96. The fourth-order valence-electron chi connectivity index (χ4n) is 3.32. The maximum atomic E-state index is 13.5. The van der Waals surface area contributed by atoms with Crippen molar-refractivity contribution in [1.29, 1.82) is 0 Å². The van der Waals surface area contributed by atoms with Crippen LogP contribution in [0.2, 0.25) is 0 Å². The number of halogens is 3. The highest BCUT2D eigenvalue weighted by Crippen LogP contribution is 2.35. The lowest BCUT2D eigenvalue weighted by Crippen LogP contribution is -2.33. The van der Waals surface area contributed by atoms with Gasteiger partial charge in [0.15, 0.2) is 24.1 Å². The number of nitrogens with zero attached hydrogens (tertiary/aromatic N) is 1. The minimum atomic E-state index is -1.74. The summed E-state index contributed by atoms with van der Waals surface area (Å²) in [5, 5.41) is 1.96. The van der Waals surface area contributed by atoms with Gasteiger partial charge in [0.1, 0.15) is 0 Å². The Bertz CT molecular complexity index is 876. The molecule has 1 N–H and O–H groups in total. The Morgan fingerprint density at radius 3 is 2.28 bits per heavy atom. The molecule has 154 valence electrons. The molecule has 1 saturated heterocycles. The number of hydrogen-bond acceptors (Lipinski definition) is 5. The fourth-order valence-corrected chi connectivity index (χ4v) is 3.32. The van der Waals surface area contributed by atoms with Crippen LogP contribution in [0, 0.1) is 29.3 Å². The molecule has 1 fully saturated rings. The first kappa shape index (κ1) is 20.6. The Morgan fingerprint density at radius 1 is 1.03 bits per heavy atom. The summed E-state index contributed by atoms with van der Waals surface area (Å²) in [6.45, 7) is -0.961. The molecule has 29 heavy (non-hydrogen) atoms. The van der Waals surface area contributed by atoms with Crippen LogP contribution in [-0.4, -0.2) is 41.7 Å². The second-order valence-corrected chi connectivity index (χ2v) is 6.67. The number of nitrogens with one attached hydrogen (secondary N) is 1. The minimum Gasteiger partial charge on any atom is -0.456 e. The van der Waals surface area contributed by atoms with Crippen LogP contribution in [0.5, 0.6) is 0 Å². The van der Waals surface area contributed by atoms with Crippen molar-refractivity contribution in [3.63, 3.8) is 0 Å². The van der Waals surface area contributed by atoms with Crippen molar-refractivity contribution < 1.29 is 37.1 Å². The lowest BCUT2D eigenvalue weighted by atomic mass is 9.85. The molecule has 3 amide bonds. The lowest BCUT2D eigenvalue weighted by Gasteiger charge is -2.14. The molecular weight excluding hydrogens is 393 g/mol. The van der Waals surface area contributed by atoms with Gasteiger partial charge in [-0.2, -0.15) is 0 Å². The molecule has 1 aliphatic carbocycles. The van der Waals surface area contributed by atoms with Crippen LogP contribution >= 0.6 is 0 Å². The van der Waals surface area contributed by atoms with Crippen molar-refractivity contribution in [3.8, 4) is 0 Å². The quantitative estimate of drug-likeness (QED) is 0.335.